The molecular formula is C17H27N5O2. The summed E-state index contributed by atoms with van der Waals surface area (Å²) in [6, 6.07) is 0.186. The van der Waals surface area contributed by atoms with Crippen molar-refractivity contribution in [1.29, 1.82) is 0 Å². The van der Waals surface area contributed by atoms with Gasteiger partial charge in [-0.3, -0.25) is 9.89 Å². The third-order valence-electron chi connectivity index (χ3n) is 5.25. The van der Waals surface area contributed by atoms with Gasteiger partial charge in [0, 0.05) is 38.3 Å². The van der Waals surface area contributed by atoms with E-state index in [1.165, 1.54) is 5.56 Å². The van der Waals surface area contributed by atoms with Gasteiger partial charge in [-0.25, -0.2) is 4.79 Å². The Morgan fingerprint density at radius 1 is 1.42 bits per heavy atom. The number of hydrogen-bond donors (Lipinski definition) is 2. The maximum absolute atomic E-state index is 12.7. The van der Waals surface area contributed by atoms with Gasteiger partial charge in [0.15, 0.2) is 0 Å². The maximum atomic E-state index is 12.7. The molecule has 3 amide bonds. The van der Waals surface area contributed by atoms with Crippen LogP contribution in [0.25, 0.3) is 0 Å². The molecule has 1 aromatic heterocycles. The number of hydrogen-bond acceptors (Lipinski definition) is 3. The molecule has 2 bridgehead atoms. The fourth-order valence-electron chi connectivity index (χ4n) is 3.85. The second kappa shape index (κ2) is 7.23. The molecule has 2 atom stereocenters. The zero-order valence-electron chi connectivity index (χ0n) is 14.5. The molecule has 2 aliphatic heterocycles. The van der Waals surface area contributed by atoms with Crippen LogP contribution in [0.3, 0.4) is 0 Å². The van der Waals surface area contributed by atoms with Crippen LogP contribution in [0, 0.1) is 6.92 Å². The highest BCUT2D eigenvalue weighted by Gasteiger charge is 2.39. The lowest BCUT2D eigenvalue weighted by atomic mass is 9.95. The highest BCUT2D eigenvalue weighted by atomic mass is 16.2. The van der Waals surface area contributed by atoms with E-state index in [9.17, 15) is 9.59 Å². The molecule has 2 unspecified atom stereocenters. The minimum atomic E-state index is -0.0169. The number of H-pyrrole nitrogens is 1. The Balaban J connectivity index is 1.53. The minimum Gasteiger partial charge on any atom is -0.344 e. The van der Waals surface area contributed by atoms with Crippen molar-refractivity contribution in [2.24, 2.45) is 0 Å². The van der Waals surface area contributed by atoms with Gasteiger partial charge in [-0.1, -0.05) is 0 Å². The smallest absolute Gasteiger partial charge is 0.317 e. The molecular weight excluding hydrogens is 306 g/mol. The summed E-state index contributed by atoms with van der Waals surface area (Å²) in [5.41, 5.74) is 2.29. The highest BCUT2D eigenvalue weighted by molar-refractivity contribution is 5.80. The predicted molar refractivity (Wildman–Crippen MR) is 90.6 cm³/mol. The summed E-state index contributed by atoms with van der Waals surface area (Å²) in [6.07, 6.45) is 7.09. The van der Waals surface area contributed by atoms with Crippen LogP contribution in [0.5, 0.6) is 0 Å². The standard InChI is InChI=1S/C17H27N5O2/c1-12-13(10-19-20-12)5-4-8-18-17(24)22-14-6-3-7-15(22)11-21(2)16(23)9-14/h10,14-15H,3-9,11H2,1-2H3,(H,18,24)(H,19,20). The molecule has 3 heterocycles. The van der Waals surface area contributed by atoms with Crippen molar-refractivity contribution in [3.63, 3.8) is 0 Å². The number of carbonyl (C=O) groups excluding carboxylic acids is 2. The number of fused-ring (bicyclic) bond motifs is 2. The molecule has 7 nitrogen and oxygen atoms in total. The molecule has 2 aliphatic rings. The van der Waals surface area contributed by atoms with Gasteiger partial charge in [0.05, 0.1) is 12.2 Å². The fraction of sp³-hybridized carbons (Fsp3) is 0.706. The van der Waals surface area contributed by atoms with Crippen LogP contribution >= 0.6 is 0 Å². The van der Waals surface area contributed by atoms with Crippen LogP contribution in [0.4, 0.5) is 4.79 Å². The van der Waals surface area contributed by atoms with Gasteiger partial charge in [-0.15, -0.1) is 0 Å². The number of likely N-dealkylation sites (N-methyl/N-ethyl adjacent to an activating group) is 1. The molecule has 0 radical (unpaired) electrons. The topological polar surface area (TPSA) is 81.3 Å². The monoisotopic (exact) mass is 333 g/mol. The van der Waals surface area contributed by atoms with Crippen LogP contribution < -0.4 is 5.32 Å². The number of aromatic amines is 1. The SMILES string of the molecule is Cc1[nH]ncc1CCCNC(=O)N1C2CCCC1CN(C)C(=O)C2. The quantitative estimate of drug-likeness (QED) is 0.818. The lowest BCUT2D eigenvalue weighted by Gasteiger charge is -2.40. The number of aryl methyl sites for hydroxylation is 2. The Kier molecular flexibility index (Phi) is 5.06. The molecule has 2 fully saturated rings. The van der Waals surface area contributed by atoms with Crippen molar-refractivity contribution < 1.29 is 9.59 Å². The van der Waals surface area contributed by atoms with E-state index in [4.69, 9.17) is 0 Å². The van der Waals surface area contributed by atoms with E-state index in [1.54, 1.807) is 4.90 Å². The molecule has 0 aliphatic carbocycles. The lowest BCUT2D eigenvalue weighted by molar-refractivity contribution is -0.129. The third kappa shape index (κ3) is 3.55. The third-order valence-corrected chi connectivity index (χ3v) is 5.25. The number of rotatable bonds is 4. The minimum absolute atomic E-state index is 0.0169. The first-order valence-electron chi connectivity index (χ1n) is 8.85. The van der Waals surface area contributed by atoms with E-state index in [2.05, 4.69) is 15.5 Å². The van der Waals surface area contributed by atoms with Crippen molar-refractivity contribution in [2.75, 3.05) is 20.1 Å². The first-order valence-corrected chi connectivity index (χ1v) is 8.85. The average molecular weight is 333 g/mol. The largest absolute Gasteiger partial charge is 0.344 e. The second-order valence-corrected chi connectivity index (χ2v) is 6.98. The van der Waals surface area contributed by atoms with Crippen molar-refractivity contribution >= 4 is 11.9 Å². The van der Waals surface area contributed by atoms with Crippen LogP contribution in [0.2, 0.25) is 0 Å². The van der Waals surface area contributed by atoms with E-state index in [0.29, 0.717) is 19.5 Å². The summed E-state index contributed by atoms with van der Waals surface area (Å²) in [7, 11) is 1.84. The molecule has 2 N–H and O–H groups in total. The van der Waals surface area contributed by atoms with Crippen LogP contribution in [0.15, 0.2) is 6.20 Å². The van der Waals surface area contributed by atoms with Gasteiger partial charge in [0.1, 0.15) is 0 Å². The van der Waals surface area contributed by atoms with Gasteiger partial charge >= 0.3 is 6.03 Å². The average Bonchev–Trinajstić information content (AvgIpc) is 2.93. The fourth-order valence-corrected chi connectivity index (χ4v) is 3.85. The van der Waals surface area contributed by atoms with Crippen molar-refractivity contribution in [2.45, 2.75) is 57.5 Å². The Hall–Kier alpha value is -2.05. The summed E-state index contributed by atoms with van der Waals surface area (Å²) in [5, 5.41) is 9.99. The van der Waals surface area contributed by atoms with Gasteiger partial charge < -0.3 is 15.1 Å². The number of amides is 3. The molecule has 0 spiro atoms. The number of nitrogens with zero attached hydrogens (tertiary/aromatic N) is 3. The lowest BCUT2D eigenvalue weighted by Crippen LogP contribution is -2.54. The zero-order valence-corrected chi connectivity index (χ0v) is 14.5. The van der Waals surface area contributed by atoms with Crippen molar-refractivity contribution in [3.8, 4) is 0 Å². The summed E-state index contributed by atoms with van der Waals surface area (Å²) < 4.78 is 0. The van der Waals surface area contributed by atoms with E-state index in [-0.39, 0.29) is 24.0 Å². The number of urea groups is 1. The molecule has 0 saturated carbocycles. The number of piperidine rings is 1. The molecule has 132 valence electrons. The van der Waals surface area contributed by atoms with E-state index in [0.717, 1.165) is 37.8 Å². The Labute approximate surface area is 142 Å². The number of nitrogens with one attached hydrogen (secondary N) is 2. The Morgan fingerprint density at radius 2 is 2.21 bits per heavy atom. The molecule has 2 saturated heterocycles. The maximum Gasteiger partial charge on any atom is 0.317 e. The van der Waals surface area contributed by atoms with Crippen molar-refractivity contribution in [3.05, 3.63) is 17.5 Å². The second-order valence-electron chi connectivity index (χ2n) is 6.98. The van der Waals surface area contributed by atoms with E-state index >= 15 is 0 Å². The van der Waals surface area contributed by atoms with Crippen LogP contribution in [-0.2, 0) is 11.2 Å². The van der Waals surface area contributed by atoms with E-state index < -0.39 is 0 Å². The first kappa shape index (κ1) is 16.8. The summed E-state index contributed by atoms with van der Waals surface area (Å²) in [5.74, 6) is 0.151. The molecule has 3 rings (SSSR count). The normalized spacial score (nSPS) is 24.0. The Morgan fingerprint density at radius 3 is 2.96 bits per heavy atom. The summed E-state index contributed by atoms with van der Waals surface area (Å²) in [4.78, 5) is 28.5. The van der Waals surface area contributed by atoms with Gasteiger partial charge in [-0.2, -0.15) is 5.10 Å². The number of aromatic nitrogens is 2. The van der Waals surface area contributed by atoms with E-state index in [1.807, 2.05) is 25.1 Å². The zero-order chi connectivity index (χ0) is 17.1. The predicted octanol–water partition coefficient (Wildman–Crippen LogP) is 1.45. The van der Waals surface area contributed by atoms with Gasteiger partial charge in [-0.05, 0) is 44.6 Å². The van der Waals surface area contributed by atoms with Crippen LogP contribution in [0.1, 0.15) is 43.4 Å². The van der Waals surface area contributed by atoms with Crippen LogP contribution in [-0.4, -0.2) is 64.2 Å². The molecule has 1 aromatic rings. The highest BCUT2D eigenvalue weighted by Crippen LogP contribution is 2.28. The van der Waals surface area contributed by atoms with Gasteiger partial charge in [0.25, 0.3) is 0 Å². The molecule has 24 heavy (non-hydrogen) atoms. The summed E-state index contributed by atoms with van der Waals surface area (Å²) >= 11 is 0. The number of carbonyl (C=O) groups is 2. The first-order chi connectivity index (χ1) is 11.6. The summed E-state index contributed by atoms with van der Waals surface area (Å²) in [6.45, 7) is 3.30. The Bertz CT molecular complexity index is 600. The van der Waals surface area contributed by atoms with Crippen molar-refractivity contribution in [1.82, 2.24) is 25.3 Å². The molecule has 0 aromatic carbocycles. The molecule has 7 heteroatoms. The van der Waals surface area contributed by atoms with Gasteiger partial charge in [0.2, 0.25) is 5.91 Å².